The molecule has 10 aromatic carbocycles. The molecule has 0 aliphatic rings. The fourth-order valence-corrected chi connectivity index (χ4v) is 8.52. The maximum Gasteiger partial charge on any atom is 0.136 e. The molecular formula is C56H37NO. The topological polar surface area (TPSA) is 16.4 Å². The van der Waals surface area contributed by atoms with Gasteiger partial charge in [0.05, 0.1) is 5.69 Å². The third-order valence-corrected chi connectivity index (χ3v) is 11.5. The lowest BCUT2D eigenvalue weighted by molar-refractivity contribution is 0.669. The molecule has 0 aliphatic heterocycles. The van der Waals surface area contributed by atoms with Crippen LogP contribution in [0.2, 0.25) is 0 Å². The number of nitrogens with zero attached hydrogens (tertiary/aromatic N) is 1. The zero-order valence-electron chi connectivity index (χ0n) is 31.7. The smallest absolute Gasteiger partial charge is 0.136 e. The SMILES string of the molecule is c1ccc(-c2ccc(-c3ccc(N(c4ccc5ccc(-c6ccc7ccc8oc9ccccc9c8c7c6)cc5c4)c4ccccc4-c4ccccc4)cc3)cc2)cc1. The number of benzene rings is 10. The molecule has 2 heteroatoms. The van der Waals surface area contributed by atoms with E-state index in [1.54, 1.807) is 0 Å². The Kier molecular flexibility index (Phi) is 8.19. The summed E-state index contributed by atoms with van der Waals surface area (Å²) in [6.45, 7) is 0. The van der Waals surface area contributed by atoms with Gasteiger partial charge in [-0.1, -0.05) is 170 Å². The number of hydrogen-bond donors (Lipinski definition) is 0. The van der Waals surface area contributed by atoms with E-state index in [1.807, 2.05) is 12.1 Å². The van der Waals surface area contributed by atoms with E-state index in [2.05, 4.69) is 217 Å². The Morgan fingerprint density at radius 2 is 0.828 bits per heavy atom. The summed E-state index contributed by atoms with van der Waals surface area (Å²) in [4.78, 5) is 2.40. The second-order valence-corrected chi connectivity index (χ2v) is 14.9. The fraction of sp³-hybridized carbons (Fsp3) is 0. The van der Waals surface area contributed by atoms with Crippen molar-refractivity contribution < 1.29 is 4.42 Å². The molecule has 2 nitrogen and oxygen atoms in total. The predicted molar refractivity (Wildman–Crippen MR) is 245 cm³/mol. The summed E-state index contributed by atoms with van der Waals surface area (Å²) in [5.41, 5.74) is 14.7. The van der Waals surface area contributed by atoms with Crippen LogP contribution in [-0.2, 0) is 0 Å². The van der Waals surface area contributed by atoms with E-state index >= 15 is 0 Å². The first kappa shape index (κ1) is 33.6. The molecule has 0 amide bonds. The highest BCUT2D eigenvalue weighted by Gasteiger charge is 2.18. The Bertz CT molecular complexity index is 3250. The number of hydrogen-bond acceptors (Lipinski definition) is 2. The second kappa shape index (κ2) is 14.1. The number of anilines is 3. The fourth-order valence-electron chi connectivity index (χ4n) is 8.52. The molecule has 0 atom stereocenters. The largest absolute Gasteiger partial charge is 0.456 e. The highest BCUT2D eigenvalue weighted by molar-refractivity contribution is 6.19. The minimum atomic E-state index is 0.916. The van der Waals surface area contributed by atoms with Gasteiger partial charge in [-0.2, -0.15) is 0 Å². The van der Waals surface area contributed by atoms with Gasteiger partial charge in [-0.3, -0.25) is 0 Å². The minimum absolute atomic E-state index is 0.916. The van der Waals surface area contributed by atoms with Crippen LogP contribution >= 0.6 is 0 Å². The van der Waals surface area contributed by atoms with Gasteiger partial charge in [0.1, 0.15) is 11.2 Å². The van der Waals surface area contributed by atoms with Crippen molar-refractivity contribution in [3.05, 3.63) is 224 Å². The van der Waals surface area contributed by atoms with E-state index in [-0.39, 0.29) is 0 Å². The molecular weight excluding hydrogens is 703 g/mol. The lowest BCUT2D eigenvalue weighted by Crippen LogP contribution is -2.11. The molecule has 0 bridgehead atoms. The van der Waals surface area contributed by atoms with Gasteiger partial charge < -0.3 is 9.32 Å². The van der Waals surface area contributed by atoms with Crippen molar-refractivity contribution in [3.63, 3.8) is 0 Å². The molecule has 0 fully saturated rings. The lowest BCUT2D eigenvalue weighted by Gasteiger charge is -2.28. The lowest BCUT2D eigenvalue weighted by atomic mass is 9.96. The average Bonchev–Trinajstić information content (AvgIpc) is 3.69. The standard InChI is InChI=1S/C56H37NO/c1-3-11-38(12-4-1)39-19-21-40(22-20-39)41-27-31-48(32-28-41)57(53-17-9-7-15-50(53)43-13-5-2-6-14-43)49-33-29-42-23-25-45(35-47(42)36-49)46-26-24-44-30-34-55-56(52(44)37-46)51-16-8-10-18-54(51)58-55/h1-37H. The van der Waals surface area contributed by atoms with E-state index in [0.717, 1.165) is 33.6 Å². The van der Waals surface area contributed by atoms with Gasteiger partial charge in [0.25, 0.3) is 0 Å². The number of furan rings is 1. The molecule has 0 radical (unpaired) electrons. The molecule has 1 aromatic heterocycles. The van der Waals surface area contributed by atoms with Crippen LogP contribution in [0.4, 0.5) is 17.1 Å². The van der Waals surface area contributed by atoms with E-state index < -0.39 is 0 Å². The Labute approximate surface area is 337 Å². The molecule has 0 aliphatic carbocycles. The summed E-state index contributed by atoms with van der Waals surface area (Å²) < 4.78 is 6.25. The molecule has 0 saturated carbocycles. The molecule has 11 aromatic rings. The van der Waals surface area contributed by atoms with Crippen LogP contribution in [-0.4, -0.2) is 0 Å². The molecule has 58 heavy (non-hydrogen) atoms. The minimum Gasteiger partial charge on any atom is -0.456 e. The van der Waals surface area contributed by atoms with Gasteiger partial charge in [-0.05, 0) is 115 Å². The highest BCUT2D eigenvalue weighted by atomic mass is 16.3. The molecule has 11 rings (SSSR count). The summed E-state index contributed by atoms with van der Waals surface area (Å²) in [5, 5.41) is 7.10. The second-order valence-electron chi connectivity index (χ2n) is 14.9. The summed E-state index contributed by atoms with van der Waals surface area (Å²) in [6, 6.07) is 80.8. The first-order valence-corrected chi connectivity index (χ1v) is 19.8. The normalized spacial score (nSPS) is 11.4. The van der Waals surface area contributed by atoms with Crippen molar-refractivity contribution in [1.82, 2.24) is 0 Å². The van der Waals surface area contributed by atoms with Crippen molar-refractivity contribution >= 4 is 60.5 Å². The van der Waals surface area contributed by atoms with Crippen molar-refractivity contribution in [2.75, 3.05) is 4.90 Å². The first-order valence-electron chi connectivity index (χ1n) is 19.8. The van der Waals surface area contributed by atoms with Crippen molar-refractivity contribution in [3.8, 4) is 44.5 Å². The van der Waals surface area contributed by atoms with E-state index in [9.17, 15) is 0 Å². The molecule has 0 spiro atoms. The van der Waals surface area contributed by atoms with E-state index in [0.29, 0.717) is 0 Å². The van der Waals surface area contributed by atoms with Crippen LogP contribution in [0, 0.1) is 0 Å². The summed E-state index contributed by atoms with van der Waals surface area (Å²) in [7, 11) is 0. The summed E-state index contributed by atoms with van der Waals surface area (Å²) in [5.74, 6) is 0. The zero-order valence-corrected chi connectivity index (χ0v) is 31.7. The van der Waals surface area contributed by atoms with Crippen LogP contribution in [0.15, 0.2) is 229 Å². The van der Waals surface area contributed by atoms with Gasteiger partial charge in [0, 0.05) is 27.7 Å². The van der Waals surface area contributed by atoms with Crippen LogP contribution in [0.3, 0.4) is 0 Å². The van der Waals surface area contributed by atoms with Gasteiger partial charge in [-0.15, -0.1) is 0 Å². The highest BCUT2D eigenvalue weighted by Crippen LogP contribution is 2.43. The molecule has 272 valence electrons. The Hall–Kier alpha value is -7.68. The van der Waals surface area contributed by atoms with E-state index in [1.165, 1.54) is 71.4 Å². The zero-order chi connectivity index (χ0) is 38.4. The molecule has 0 N–H and O–H groups in total. The Morgan fingerprint density at radius 3 is 1.59 bits per heavy atom. The number of para-hydroxylation sites is 2. The van der Waals surface area contributed by atoms with Crippen molar-refractivity contribution in [2.45, 2.75) is 0 Å². The molecule has 0 unspecified atom stereocenters. The van der Waals surface area contributed by atoms with Gasteiger partial charge in [-0.25, -0.2) is 0 Å². The number of fused-ring (bicyclic) bond motifs is 6. The van der Waals surface area contributed by atoms with Crippen LogP contribution in [0.5, 0.6) is 0 Å². The van der Waals surface area contributed by atoms with Gasteiger partial charge in [0.15, 0.2) is 0 Å². The van der Waals surface area contributed by atoms with Crippen LogP contribution in [0.1, 0.15) is 0 Å². The van der Waals surface area contributed by atoms with Crippen LogP contribution in [0.25, 0.3) is 88.0 Å². The summed E-state index contributed by atoms with van der Waals surface area (Å²) >= 11 is 0. The first-order chi connectivity index (χ1) is 28.7. The quantitative estimate of drug-likeness (QED) is 0.162. The average molecular weight is 740 g/mol. The Morgan fingerprint density at radius 1 is 0.293 bits per heavy atom. The third-order valence-electron chi connectivity index (χ3n) is 11.5. The van der Waals surface area contributed by atoms with Crippen molar-refractivity contribution in [1.29, 1.82) is 0 Å². The maximum atomic E-state index is 6.25. The van der Waals surface area contributed by atoms with Crippen molar-refractivity contribution in [2.24, 2.45) is 0 Å². The molecule has 0 saturated heterocycles. The van der Waals surface area contributed by atoms with Gasteiger partial charge in [0.2, 0.25) is 0 Å². The maximum absolute atomic E-state index is 6.25. The molecule has 1 heterocycles. The summed E-state index contributed by atoms with van der Waals surface area (Å²) in [6.07, 6.45) is 0. The number of rotatable bonds is 7. The Balaban J connectivity index is 1.01. The van der Waals surface area contributed by atoms with E-state index in [4.69, 9.17) is 4.42 Å². The van der Waals surface area contributed by atoms with Gasteiger partial charge >= 0.3 is 0 Å². The predicted octanol–water partition coefficient (Wildman–Crippen LogP) is 16.0. The monoisotopic (exact) mass is 739 g/mol. The third kappa shape index (κ3) is 6.00. The van der Waals surface area contributed by atoms with Crippen LogP contribution < -0.4 is 4.90 Å².